The molecule has 25 heavy (non-hydrogen) atoms. The normalized spacial score (nSPS) is 11.2. The molecule has 1 rings (SSSR count). The van der Waals surface area contributed by atoms with Crippen LogP contribution in [0.4, 0.5) is 0 Å². The molecule has 7 nitrogen and oxygen atoms in total. The van der Waals surface area contributed by atoms with E-state index in [4.69, 9.17) is 9.47 Å². The molecule has 0 unspecified atom stereocenters. The average Bonchev–Trinajstić information content (AvgIpc) is 2.52. The SMILES string of the molecule is CCCOc1ccc(/C=N/NC(=O)C(=O)NC(C)(C)C)cc1OCC. The Kier molecular flexibility index (Phi) is 7.91. The van der Waals surface area contributed by atoms with Crippen LogP contribution in [0.3, 0.4) is 0 Å². The maximum absolute atomic E-state index is 11.7. The Morgan fingerprint density at radius 3 is 2.44 bits per heavy atom. The lowest BCUT2D eigenvalue weighted by molar-refractivity contribution is -0.140. The summed E-state index contributed by atoms with van der Waals surface area (Å²) >= 11 is 0. The van der Waals surface area contributed by atoms with Gasteiger partial charge >= 0.3 is 11.8 Å². The van der Waals surface area contributed by atoms with Crippen molar-refractivity contribution in [1.29, 1.82) is 0 Å². The number of carbonyl (C=O) groups excluding carboxylic acids is 2. The molecule has 0 bridgehead atoms. The highest BCUT2D eigenvalue weighted by Gasteiger charge is 2.19. The van der Waals surface area contributed by atoms with Gasteiger partial charge in [-0.3, -0.25) is 9.59 Å². The molecule has 2 amide bonds. The summed E-state index contributed by atoms with van der Waals surface area (Å²) in [6.07, 6.45) is 2.34. The van der Waals surface area contributed by atoms with Gasteiger partial charge in [-0.1, -0.05) is 6.92 Å². The van der Waals surface area contributed by atoms with Crippen molar-refractivity contribution in [2.75, 3.05) is 13.2 Å². The van der Waals surface area contributed by atoms with Crippen molar-refractivity contribution < 1.29 is 19.1 Å². The molecule has 1 aromatic carbocycles. The van der Waals surface area contributed by atoms with Crippen LogP contribution in [0.1, 0.15) is 46.6 Å². The summed E-state index contributed by atoms with van der Waals surface area (Å²) in [5.74, 6) is -0.284. The van der Waals surface area contributed by atoms with Gasteiger partial charge in [0.1, 0.15) is 0 Å². The van der Waals surface area contributed by atoms with Crippen LogP contribution in [-0.2, 0) is 9.59 Å². The first-order chi connectivity index (χ1) is 11.8. The number of hydrogen-bond acceptors (Lipinski definition) is 5. The number of nitrogens with zero attached hydrogens (tertiary/aromatic N) is 1. The number of benzene rings is 1. The molecule has 0 aliphatic rings. The van der Waals surface area contributed by atoms with E-state index in [0.717, 1.165) is 6.42 Å². The number of hydrogen-bond donors (Lipinski definition) is 2. The first-order valence-corrected chi connectivity index (χ1v) is 8.32. The second-order valence-corrected chi connectivity index (χ2v) is 6.39. The maximum Gasteiger partial charge on any atom is 0.329 e. The Labute approximate surface area is 148 Å². The van der Waals surface area contributed by atoms with Crippen molar-refractivity contribution in [2.24, 2.45) is 5.10 Å². The molecule has 1 aromatic rings. The smallest absolute Gasteiger partial charge is 0.329 e. The Morgan fingerprint density at radius 2 is 1.84 bits per heavy atom. The molecular weight excluding hydrogens is 322 g/mol. The predicted molar refractivity (Wildman–Crippen MR) is 97.0 cm³/mol. The van der Waals surface area contributed by atoms with Gasteiger partial charge in [-0.05, 0) is 57.9 Å². The van der Waals surface area contributed by atoms with Crippen molar-refractivity contribution in [3.63, 3.8) is 0 Å². The molecule has 2 N–H and O–H groups in total. The lowest BCUT2D eigenvalue weighted by Crippen LogP contribution is -2.47. The van der Waals surface area contributed by atoms with Crippen LogP contribution in [0.2, 0.25) is 0 Å². The minimum Gasteiger partial charge on any atom is -0.490 e. The Bertz CT molecular complexity index is 621. The van der Waals surface area contributed by atoms with E-state index in [1.54, 1.807) is 39.0 Å². The van der Waals surface area contributed by atoms with Crippen LogP contribution in [0.15, 0.2) is 23.3 Å². The maximum atomic E-state index is 11.7. The zero-order valence-electron chi connectivity index (χ0n) is 15.5. The molecule has 138 valence electrons. The van der Waals surface area contributed by atoms with E-state index >= 15 is 0 Å². The monoisotopic (exact) mass is 349 g/mol. The van der Waals surface area contributed by atoms with Crippen molar-refractivity contribution in [1.82, 2.24) is 10.7 Å². The molecule has 0 aromatic heterocycles. The molecule has 0 aliphatic heterocycles. The zero-order valence-corrected chi connectivity index (χ0v) is 15.5. The summed E-state index contributed by atoms with van der Waals surface area (Å²) in [6.45, 7) is 10.4. The van der Waals surface area contributed by atoms with Gasteiger partial charge < -0.3 is 14.8 Å². The van der Waals surface area contributed by atoms with Gasteiger partial charge in [-0.25, -0.2) is 5.43 Å². The molecule has 0 fully saturated rings. The molecule has 0 atom stereocenters. The van der Waals surface area contributed by atoms with Crippen molar-refractivity contribution in [2.45, 2.75) is 46.6 Å². The van der Waals surface area contributed by atoms with Gasteiger partial charge in [0.05, 0.1) is 19.4 Å². The fourth-order valence-electron chi connectivity index (χ4n) is 1.82. The largest absolute Gasteiger partial charge is 0.490 e. The minimum absolute atomic E-state index is 0.487. The Balaban J connectivity index is 2.72. The van der Waals surface area contributed by atoms with E-state index in [9.17, 15) is 9.59 Å². The van der Waals surface area contributed by atoms with Gasteiger partial charge in [0.15, 0.2) is 11.5 Å². The first-order valence-electron chi connectivity index (χ1n) is 8.32. The van der Waals surface area contributed by atoms with Crippen molar-refractivity contribution >= 4 is 18.0 Å². The molecular formula is C18H27N3O4. The summed E-state index contributed by atoms with van der Waals surface area (Å²) in [4.78, 5) is 23.3. The summed E-state index contributed by atoms with van der Waals surface area (Å²) in [5.41, 5.74) is 2.42. The van der Waals surface area contributed by atoms with E-state index in [0.29, 0.717) is 30.3 Å². The third-order valence-corrected chi connectivity index (χ3v) is 2.80. The van der Waals surface area contributed by atoms with Crippen LogP contribution in [0, 0.1) is 0 Å². The number of ether oxygens (including phenoxy) is 2. The predicted octanol–water partition coefficient (Wildman–Crippen LogP) is 2.24. The molecule has 0 saturated carbocycles. The Morgan fingerprint density at radius 1 is 1.12 bits per heavy atom. The molecule has 0 heterocycles. The lowest BCUT2D eigenvalue weighted by atomic mass is 10.1. The van der Waals surface area contributed by atoms with E-state index < -0.39 is 17.4 Å². The van der Waals surface area contributed by atoms with Gasteiger partial charge in [0.25, 0.3) is 0 Å². The van der Waals surface area contributed by atoms with Gasteiger partial charge in [0.2, 0.25) is 0 Å². The van der Waals surface area contributed by atoms with Crippen LogP contribution >= 0.6 is 0 Å². The van der Waals surface area contributed by atoms with E-state index in [1.165, 1.54) is 6.21 Å². The van der Waals surface area contributed by atoms with E-state index in [1.807, 2.05) is 13.8 Å². The number of rotatable bonds is 7. The topological polar surface area (TPSA) is 89.0 Å². The Hall–Kier alpha value is -2.57. The first kappa shape index (κ1) is 20.5. The standard InChI is InChI=1S/C18H27N3O4/c1-6-10-25-14-9-8-13(11-15(14)24-7-2)12-19-21-17(23)16(22)20-18(3,4)5/h8-9,11-12H,6-7,10H2,1-5H3,(H,20,22)(H,21,23)/b19-12+. The second kappa shape index (κ2) is 9.66. The minimum atomic E-state index is -0.820. The van der Waals surface area contributed by atoms with E-state index in [2.05, 4.69) is 15.8 Å². The number of hydrazone groups is 1. The third-order valence-electron chi connectivity index (χ3n) is 2.80. The van der Waals surface area contributed by atoms with Gasteiger partial charge in [0, 0.05) is 5.54 Å². The van der Waals surface area contributed by atoms with Crippen LogP contribution < -0.4 is 20.2 Å². The van der Waals surface area contributed by atoms with Crippen LogP contribution in [0.25, 0.3) is 0 Å². The summed E-state index contributed by atoms with van der Waals surface area (Å²) in [6, 6.07) is 5.34. The number of amides is 2. The highest BCUT2D eigenvalue weighted by Crippen LogP contribution is 2.28. The second-order valence-electron chi connectivity index (χ2n) is 6.39. The summed E-state index contributed by atoms with van der Waals surface area (Å²) < 4.78 is 11.2. The molecule has 7 heteroatoms. The highest BCUT2D eigenvalue weighted by molar-refractivity contribution is 6.35. The molecule has 0 saturated heterocycles. The molecule has 0 aliphatic carbocycles. The summed E-state index contributed by atoms with van der Waals surface area (Å²) in [7, 11) is 0. The van der Waals surface area contributed by atoms with Gasteiger partial charge in [-0.2, -0.15) is 5.10 Å². The fraction of sp³-hybridized carbons (Fsp3) is 0.500. The fourth-order valence-corrected chi connectivity index (χ4v) is 1.82. The molecule has 0 spiro atoms. The quantitative estimate of drug-likeness (QED) is 0.449. The van der Waals surface area contributed by atoms with Crippen molar-refractivity contribution in [3.8, 4) is 11.5 Å². The van der Waals surface area contributed by atoms with Crippen LogP contribution in [-0.4, -0.2) is 36.8 Å². The highest BCUT2D eigenvalue weighted by atomic mass is 16.5. The molecule has 0 radical (unpaired) electrons. The van der Waals surface area contributed by atoms with E-state index in [-0.39, 0.29) is 0 Å². The zero-order chi connectivity index (χ0) is 18.9. The average molecular weight is 349 g/mol. The van der Waals surface area contributed by atoms with Gasteiger partial charge in [-0.15, -0.1) is 0 Å². The third kappa shape index (κ3) is 7.69. The van der Waals surface area contributed by atoms with Crippen LogP contribution in [0.5, 0.6) is 11.5 Å². The lowest BCUT2D eigenvalue weighted by Gasteiger charge is -2.19. The summed E-state index contributed by atoms with van der Waals surface area (Å²) in [5, 5.41) is 6.36. The van der Waals surface area contributed by atoms with Crippen molar-refractivity contribution in [3.05, 3.63) is 23.8 Å². The number of nitrogens with one attached hydrogen (secondary N) is 2. The number of carbonyl (C=O) groups is 2.